The van der Waals surface area contributed by atoms with Gasteiger partial charge in [-0.15, -0.1) is 0 Å². The summed E-state index contributed by atoms with van der Waals surface area (Å²) in [6.45, 7) is 5.46. The van der Waals surface area contributed by atoms with Gasteiger partial charge in [-0.1, -0.05) is 0 Å². The molecule has 0 aliphatic carbocycles. The van der Waals surface area contributed by atoms with Gasteiger partial charge >= 0.3 is 5.97 Å². The van der Waals surface area contributed by atoms with Gasteiger partial charge in [0.05, 0.1) is 13.2 Å². The smallest absolute Gasteiger partial charge is 0.341 e. The van der Waals surface area contributed by atoms with Gasteiger partial charge in [-0.25, -0.2) is 9.78 Å². The SMILES string of the molecule is Cc1cc(C)c(C(=O)O)c(OCC2CCOC2)n1. The summed E-state index contributed by atoms with van der Waals surface area (Å²) in [6.07, 6.45) is 0.952. The van der Waals surface area contributed by atoms with Gasteiger partial charge in [0.15, 0.2) is 0 Å². The van der Waals surface area contributed by atoms with Crippen molar-refractivity contribution in [2.24, 2.45) is 5.92 Å². The van der Waals surface area contributed by atoms with Crippen LogP contribution in [0, 0.1) is 19.8 Å². The maximum Gasteiger partial charge on any atom is 0.341 e. The van der Waals surface area contributed by atoms with Crippen molar-refractivity contribution in [3.8, 4) is 5.88 Å². The molecule has 1 aliphatic heterocycles. The maximum absolute atomic E-state index is 11.2. The van der Waals surface area contributed by atoms with Crippen molar-refractivity contribution in [1.82, 2.24) is 4.98 Å². The molecule has 1 N–H and O–H groups in total. The molecule has 5 heteroatoms. The molecular weight excluding hydrogens is 234 g/mol. The lowest BCUT2D eigenvalue weighted by Gasteiger charge is -2.13. The number of aromatic nitrogens is 1. The van der Waals surface area contributed by atoms with E-state index in [0.29, 0.717) is 24.7 Å². The highest BCUT2D eigenvalue weighted by Gasteiger charge is 2.20. The number of aryl methyl sites for hydroxylation is 2. The summed E-state index contributed by atoms with van der Waals surface area (Å²) in [7, 11) is 0. The van der Waals surface area contributed by atoms with Crippen LogP contribution in [0.5, 0.6) is 5.88 Å². The normalized spacial score (nSPS) is 18.9. The molecule has 98 valence electrons. The molecule has 18 heavy (non-hydrogen) atoms. The van der Waals surface area contributed by atoms with Crippen molar-refractivity contribution >= 4 is 5.97 Å². The number of nitrogens with zero attached hydrogens (tertiary/aromatic N) is 1. The summed E-state index contributed by atoms with van der Waals surface area (Å²) in [4.78, 5) is 15.4. The maximum atomic E-state index is 11.2. The Bertz CT molecular complexity index is 453. The number of ether oxygens (including phenoxy) is 2. The van der Waals surface area contributed by atoms with E-state index in [1.54, 1.807) is 13.0 Å². The standard InChI is InChI=1S/C13H17NO4/c1-8-5-9(2)14-12(11(8)13(15)16)18-7-10-3-4-17-6-10/h5,10H,3-4,6-7H2,1-2H3,(H,15,16). The van der Waals surface area contributed by atoms with Crippen molar-refractivity contribution in [2.75, 3.05) is 19.8 Å². The van der Waals surface area contributed by atoms with Crippen LogP contribution in [-0.4, -0.2) is 35.9 Å². The van der Waals surface area contributed by atoms with E-state index >= 15 is 0 Å². The summed E-state index contributed by atoms with van der Waals surface area (Å²) < 4.78 is 10.8. The fraction of sp³-hybridized carbons (Fsp3) is 0.538. The number of pyridine rings is 1. The Balaban J connectivity index is 2.16. The van der Waals surface area contributed by atoms with Crippen LogP contribution in [-0.2, 0) is 4.74 Å². The van der Waals surface area contributed by atoms with Crippen LogP contribution in [0.3, 0.4) is 0 Å². The molecule has 0 spiro atoms. The first-order chi connectivity index (χ1) is 8.58. The molecule has 1 fully saturated rings. The van der Waals surface area contributed by atoms with Gasteiger partial charge in [-0.3, -0.25) is 0 Å². The Hall–Kier alpha value is -1.62. The fourth-order valence-electron chi connectivity index (χ4n) is 2.08. The Morgan fingerprint density at radius 3 is 3.00 bits per heavy atom. The summed E-state index contributed by atoms with van der Waals surface area (Å²) in [5.41, 5.74) is 1.59. The van der Waals surface area contributed by atoms with Crippen molar-refractivity contribution in [3.63, 3.8) is 0 Å². The monoisotopic (exact) mass is 251 g/mol. The van der Waals surface area contributed by atoms with Crippen molar-refractivity contribution in [2.45, 2.75) is 20.3 Å². The van der Waals surface area contributed by atoms with Gasteiger partial charge in [0.2, 0.25) is 5.88 Å². The Morgan fingerprint density at radius 1 is 1.61 bits per heavy atom. The molecule has 1 atom stereocenters. The van der Waals surface area contributed by atoms with Crippen LogP contribution in [0.1, 0.15) is 28.0 Å². The van der Waals surface area contributed by atoms with Gasteiger partial charge < -0.3 is 14.6 Å². The van der Waals surface area contributed by atoms with E-state index < -0.39 is 5.97 Å². The molecule has 1 saturated heterocycles. The molecular formula is C13H17NO4. The first kappa shape index (κ1) is 12.8. The number of hydrogen-bond acceptors (Lipinski definition) is 4. The van der Waals surface area contributed by atoms with Crippen LogP contribution in [0.4, 0.5) is 0 Å². The Labute approximate surface area is 106 Å². The lowest BCUT2D eigenvalue weighted by atomic mass is 10.1. The molecule has 5 nitrogen and oxygen atoms in total. The first-order valence-electron chi connectivity index (χ1n) is 6.00. The number of aromatic carboxylic acids is 1. The summed E-state index contributed by atoms with van der Waals surface area (Å²) in [5.74, 6) is -0.459. The molecule has 0 radical (unpaired) electrons. The average Bonchev–Trinajstić information content (AvgIpc) is 2.77. The third kappa shape index (κ3) is 2.79. The lowest BCUT2D eigenvalue weighted by molar-refractivity contribution is 0.0689. The van der Waals surface area contributed by atoms with E-state index in [-0.39, 0.29) is 11.4 Å². The molecule has 2 heterocycles. The minimum atomic E-state index is -1.00. The molecule has 0 bridgehead atoms. The summed E-state index contributed by atoms with van der Waals surface area (Å²) in [5, 5.41) is 9.18. The average molecular weight is 251 g/mol. The molecule has 1 unspecified atom stereocenters. The number of carboxylic acids is 1. The highest BCUT2D eigenvalue weighted by molar-refractivity contribution is 5.91. The molecule has 0 aromatic carbocycles. The Morgan fingerprint density at radius 2 is 2.39 bits per heavy atom. The third-order valence-electron chi connectivity index (χ3n) is 3.01. The van der Waals surface area contributed by atoms with Crippen LogP contribution >= 0.6 is 0 Å². The second kappa shape index (κ2) is 5.35. The number of rotatable bonds is 4. The first-order valence-corrected chi connectivity index (χ1v) is 6.00. The van der Waals surface area contributed by atoms with Crippen molar-refractivity contribution in [1.29, 1.82) is 0 Å². The second-order valence-corrected chi connectivity index (χ2v) is 4.61. The molecule has 0 saturated carbocycles. The van der Waals surface area contributed by atoms with Gasteiger partial charge in [-0.2, -0.15) is 0 Å². The highest BCUT2D eigenvalue weighted by Crippen LogP contribution is 2.22. The van der Waals surface area contributed by atoms with E-state index in [1.807, 2.05) is 6.92 Å². The molecule has 1 aromatic heterocycles. The van der Waals surface area contributed by atoms with E-state index in [0.717, 1.165) is 18.7 Å². The molecule has 1 aromatic rings. The van der Waals surface area contributed by atoms with E-state index in [2.05, 4.69) is 4.98 Å². The number of carbonyl (C=O) groups is 1. The Kier molecular flexibility index (Phi) is 3.81. The van der Waals surface area contributed by atoms with Gasteiger partial charge in [0.1, 0.15) is 5.56 Å². The second-order valence-electron chi connectivity index (χ2n) is 4.61. The topological polar surface area (TPSA) is 68.7 Å². The van der Waals surface area contributed by atoms with Crippen molar-refractivity contribution in [3.05, 3.63) is 22.9 Å². The third-order valence-corrected chi connectivity index (χ3v) is 3.01. The van der Waals surface area contributed by atoms with Crippen molar-refractivity contribution < 1.29 is 19.4 Å². The zero-order valence-corrected chi connectivity index (χ0v) is 10.6. The van der Waals surface area contributed by atoms with Gasteiger partial charge in [0, 0.05) is 18.2 Å². The summed E-state index contributed by atoms with van der Waals surface area (Å²) in [6, 6.07) is 1.75. The largest absolute Gasteiger partial charge is 0.477 e. The number of carboxylic acid groups (broad SMARTS) is 1. The molecule has 0 amide bonds. The predicted molar refractivity (Wildman–Crippen MR) is 65.1 cm³/mol. The highest BCUT2D eigenvalue weighted by atomic mass is 16.5. The zero-order chi connectivity index (χ0) is 13.1. The van der Waals surface area contributed by atoms with Gasteiger partial charge in [-0.05, 0) is 31.9 Å². The van der Waals surface area contributed by atoms with Crippen LogP contribution in [0.2, 0.25) is 0 Å². The van der Waals surface area contributed by atoms with E-state index in [1.165, 1.54) is 0 Å². The van der Waals surface area contributed by atoms with Crippen LogP contribution < -0.4 is 4.74 Å². The molecule has 1 aliphatic rings. The quantitative estimate of drug-likeness (QED) is 0.883. The van der Waals surface area contributed by atoms with Crippen LogP contribution in [0.15, 0.2) is 6.07 Å². The molecule has 2 rings (SSSR count). The minimum Gasteiger partial charge on any atom is -0.477 e. The number of hydrogen-bond donors (Lipinski definition) is 1. The minimum absolute atomic E-state index is 0.152. The zero-order valence-electron chi connectivity index (χ0n) is 10.6. The predicted octanol–water partition coefficient (Wildman–Crippen LogP) is 1.81. The van der Waals surface area contributed by atoms with E-state index in [4.69, 9.17) is 9.47 Å². The summed E-state index contributed by atoms with van der Waals surface area (Å²) >= 11 is 0. The van der Waals surface area contributed by atoms with Crippen LogP contribution in [0.25, 0.3) is 0 Å². The van der Waals surface area contributed by atoms with Gasteiger partial charge in [0.25, 0.3) is 0 Å². The fourth-order valence-corrected chi connectivity index (χ4v) is 2.08. The van der Waals surface area contributed by atoms with E-state index in [9.17, 15) is 9.90 Å². The lowest BCUT2D eigenvalue weighted by Crippen LogP contribution is -2.15.